The van der Waals surface area contributed by atoms with E-state index in [2.05, 4.69) is 4.98 Å². The van der Waals surface area contributed by atoms with E-state index < -0.39 is 12.0 Å². The van der Waals surface area contributed by atoms with Crippen molar-refractivity contribution in [1.29, 1.82) is 0 Å². The first-order valence-electron chi connectivity index (χ1n) is 6.56. The molecule has 1 atom stereocenters. The van der Waals surface area contributed by atoms with Crippen molar-refractivity contribution in [3.8, 4) is 0 Å². The minimum Gasteiger partial charge on any atom is -0.479 e. The number of thiophene rings is 1. The van der Waals surface area contributed by atoms with Crippen molar-refractivity contribution in [3.63, 3.8) is 0 Å². The number of hydrogen-bond donors (Lipinski definition) is 1. The Kier molecular flexibility index (Phi) is 3.77. The number of carbonyl (C=O) groups excluding carboxylic acids is 1. The summed E-state index contributed by atoms with van der Waals surface area (Å²) in [5.41, 5.74) is 1.46. The molecule has 1 unspecified atom stereocenters. The van der Waals surface area contributed by atoms with Crippen LogP contribution >= 0.6 is 22.7 Å². The molecule has 1 aliphatic rings. The number of carboxylic acids is 1. The molecule has 110 valence electrons. The van der Waals surface area contributed by atoms with E-state index in [1.54, 1.807) is 11.3 Å². The molecule has 1 N–H and O–H groups in total. The van der Waals surface area contributed by atoms with Gasteiger partial charge in [-0.25, -0.2) is 9.78 Å². The lowest BCUT2D eigenvalue weighted by Gasteiger charge is -2.33. The van der Waals surface area contributed by atoms with Crippen molar-refractivity contribution < 1.29 is 14.7 Å². The first-order chi connectivity index (χ1) is 10.1. The van der Waals surface area contributed by atoms with E-state index in [0.29, 0.717) is 12.2 Å². The fourth-order valence-corrected chi connectivity index (χ4v) is 4.11. The molecular formula is C14H14N2O3S2. The van der Waals surface area contributed by atoms with Gasteiger partial charge in [-0.3, -0.25) is 4.79 Å². The van der Waals surface area contributed by atoms with Gasteiger partial charge in [0.2, 0.25) is 5.91 Å². The van der Waals surface area contributed by atoms with Gasteiger partial charge >= 0.3 is 5.97 Å². The number of rotatable bonds is 3. The van der Waals surface area contributed by atoms with E-state index in [1.807, 2.05) is 23.8 Å². The summed E-state index contributed by atoms with van der Waals surface area (Å²) >= 11 is 3.05. The number of aromatic nitrogens is 1. The van der Waals surface area contributed by atoms with Gasteiger partial charge in [-0.15, -0.1) is 22.7 Å². The van der Waals surface area contributed by atoms with E-state index in [0.717, 1.165) is 21.9 Å². The maximum absolute atomic E-state index is 12.5. The highest BCUT2D eigenvalue weighted by atomic mass is 32.1. The molecule has 0 bridgehead atoms. The van der Waals surface area contributed by atoms with Gasteiger partial charge in [-0.05, 0) is 30.4 Å². The van der Waals surface area contributed by atoms with Crippen LogP contribution in [0.25, 0.3) is 0 Å². The van der Waals surface area contributed by atoms with Crippen LogP contribution in [0.3, 0.4) is 0 Å². The van der Waals surface area contributed by atoms with Crippen molar-refractivity contribution >= 4 is 34.6 Å². The average Bonchev–Trinajstić information content (AvgIpc) is 3.05. The summed E-state index contributed by atoms with van der Waals surface area (Å²) in [4.78, 5) is 30.8. The monoisotopic (exact) mass is 322 g/mol. The molecule has 1 aliphatic heterocycles. The van der Waals surface area contributed by atoms with Crippen LogP contribution in [0.15, 0.2) is 16.8 Å². The first-order valence-corrected chi connectivity index (χ1v) is 8.31. The van der Waals surface area contributed by atoms with Crippen molar-refractivity contribution in [3.05, 3.63) is 38.0 Å². The van der Waals surface area contributed by atoms with Crippen molar-refractivity contribution in [2.75, 3.05) is 6.54 Å². The molecular weight excluding hydrogens is 308 g/mol. The largest absolute Gasteiger partial charge is 0.479 e. The molecule has 2 aromatic heterocycles. The summed E-state index contributed by atoms with van der Waals surface area (Å²) in [6, 6.07) is 0.942. The summed E-state index contributed by atoms with van der Waals surface area (Å²) < 4.78 is 0. The summed E-state index contributed by atoms with van der Waals surface area (Å²) in [7, 11) is 0. The number of fused-ring (bicyclic) bond motifs is 1. The fourth-order valence-electron chi connectivity index (χ4n) is 2.60. The van der Waals surface area contributed by atoms with Crippen molar-refractivity contribution in [2.45, 2.75) is 25.8 Å². The van der Waals surface area contributed by atoms with Gasteiger partial charge in [0.05, 0.1) is 17.1 Å². The average molecular weight is 322 g/mol. The zero-order valence-electron chi connectivity index (χ0n) is 11.4. The third kappa shape index (κ3) is 2.71. The van der Waals surface area contributed by atoms with Crippen LogP contribution in [-0.4, -0.2) is 33.4 Å². The van der Waals surface area contributed by atoms with E-state index in [9.17, 15) is 14.7 Å². The number of aliphatic carboxylic acids is 1. The van der Waals surface area contributed by atoms with Crippen molar-refractivity contribution in [2.24, 2.45) is 0 Å². The molecule has 0 saturated heterocycles. The number of amides is 1. The SMILES string of the molecule is Cc1nc(CC(=O)N2CCc3sccc3C2C(=O)O)cs1. The molecule has 21 heavy (non-hydrogen) atoms. The third-order valence-electron chi connectivity index (χ3n) is 3.52. The lowest BCUT2D eigenvalue weighted by molar-refractivity contribution is -0.151. The van der Waals surface area contributed by atoms with E-state index >= 15 is 0 Å². The van der Waals surface area contributed by atoms with Gasteiger partial charge in [0.15, 0.2) is 6.04 Å². The highest BCUT2D eigenvalue weighted by molar-refractivity contribution is 7.10. The lowest BCUT2D eigenvalue weighted by Crippen LogP contribution is -2.43. The summed E-state index contributed by atoms with van der Waals surface area (Å²) in [5, 5.41) is 14.1. The Labute approximate surface area is 129 Å². The Bertz CT molecular complexity index is 692. The maximum Gasteiger partial charge on any atom is 0.331 e. The fraction of sp³-hybridized carbons (Fsp3) is 0.357. The molecule has 5 nitrogen and oxygen atoms in total. The normalized spacial score (nSPS) is 17.6. The van der Waals surface area contributed by atoms with Gasteiger partial charge < -0.3 is 10.0 Å². The van der Waals surface area contributed by atoms with E-state index in [4.69, 9.17) is 0 Å². The van der Waals surface area contributed by atoms with Crippen LogP contribution < -0.4 is 0 Å². The quantitative estimate of drug-likeness (QED) is 0.941. The molecule has 3 heterocycles. The van der Waals surface area contributed by atoms with Crippen LogP contribution in [0.2, 0.25) is 0 Å². The van der Waals surface area contributed by atoms with E-state index in [1.165, 1.54) is 16.2 Å². The second-order valence-electron chi connectivity index (χ2n) is 4.91. The molecule has 0 spiro atoms. The van der Waals surface area contributed by atoms with Crippen LogP contribution in [0.1, 0.15) is 27.2 Å². The van der Waals surface area contributed by atoms with Crippen LogP contribution in [0, 0.1) is 6.92 Å². The van der Waals surface area contributed by atoms with Crippen LogP contribution in [-0.2, 0) is 22.4 Å². The maximum atomic E-state index is 12.5. The Morgan fingerprint density at radius 3 is 2.95 bits per heavy atom. The Balaban J connectivity index is 1.84. The predicted octanol–water partition coefficient (Wildman–Crippen LogP) is 2.27. The van der Waals surface area contributed by atoms with Gasteiger partial charge in [-0.1, -0.05) is 0 Å². The molecule has 0 radical (unpaired) electrons. The van der Waals surface area contributed by atoms with Gasteiger partial charge in [0.25, 0.3) is 0 Å². The number of nitrogens with zero attached hydrogens (tertiary/aromatic N) is 2. The lowest BCUT2D eigenvalue weighted by atomic mass is 9.99. The second-order valence-corrected chi connectivity index (χ2v) is 6.97. The zero-order valence-corrected chi connectivity index (χ0v) is 13.0. The molecule has 0 fully saturated rings. The molecule has 0 aliphatic carbocycles. The third-order valence-corrected chi connectivity index (χ3v) is 5.34. The number of thiazole rings is 1. The minimum atomic E-state index is -0.975. The minimum absolute atomic E-state index is 0.160. The number of aryl methyl sites for hydroxylation is 1. The van der Waals surface area contributed by atoms with Gasteiger partial charge in [0, 0.05) is 16.8 Å². The van der Waals surface area contributed by atoms with Gasteiger partial charge in [-0.2, -0.15) is 0 Å². The first kappa shape index (κ1) is 14.2. The number of hydrogen-bond acceptors (Lipinski definition) is 5. The number of carboxylic acid groups (broad SMARTS) is 1. The topological polar surface area (TPSA) is 70.5 Å². The highest BCUT2D eigenvalue weighted by Gasteiger charge is 2.36. The standard InChI is InChI=1S/C14H14N2O3S2/c1-8-15-9(7-21-8)6-12(17)16-4-2-11-10(3-5-20-11)13(16)14(18)19/h3,5,7,13H,2,4,6H2,1H3,(H,18,19). The second kappa shape index (κ2) is 5.57. The molecule has 0 saturated carbocycles. The summed E-state index contributed by atoms with van der Waals surface area (Å²) in [5.74, 6) is -1.15. The molecule has 3 rings (SSSR count). The van der Waals surface area contributed by atoms with Crippen molar-refractivity contribution in [1.82, 2.24) is 9.88 Å². The molecule has 0 aromatic carbocycles. The smallest absolute Gasteiger partial charge is 0.331 e. The Morgan fingerprint density at radius 1 is 1.48 bits per heavy atom. The molecule has 1 amide bonds. The molecule has 2 aromatic rings. The van der Waals surface area contributed by atoms with Crippen LogP contribution in [0.4, 0.5) is 0 Å². The van der Waals surface area contributed by atoms with Gasteiger partial charge in [0.1, 0.15) is 0 Å². The van der Waals surface area contributed by atoms with Crippen LogP contribution in [0.5, 0.6) is 0 Å². The highest BCUT2D eigenvalue weighted by Crippen LogP contribution is 2.33. The predicted molar refractivity (Wildman–Crippen MR) is 80.7 cm³/mol. The zero-order chi connectivity index (χ0) is 15.0. The van der Waals surface area contributed by atoms with E-state index in [-0.39, 0.29) is 12.3 Å². The summed E-state index contributed by atoms with van der Waals surface area (Å²) in [6.07, 6.45) is 0.881. The Hall–Kier alpha value is -1.73. The summed E-state index contributed by atoms with van der Waals surface area (Å²) in [6.45, 7) is 2.34. The molecule has 7 heteroatoms. The Morgan fingerprint density at radius 2 is 2.29 bits per heavy atom. The number of carbonyl (C=O) groups is 2.